The van der Waals surface area contributed by atoms with E-state index in [1.807, 2.05) is 46.1 Å². The zero-order valence-corrected chi connectivity index (χ0v) is 13.8. The molecule has 0 bridgehead atoms. The fourth-order valence-corrected chi connectivity index (χ4v) is 3.31. The van der Waals surface area contributed by atoms with Crippen LogP contribution < -0.4 is 5.32 Å². The van der Waals surface area contributed by atoms with E-state index in [4.69, 9.17) is 0 Å². The number of nitrogens with zero attached hydrogens (tertiary/aromatic N) is 3. The predicted octanol–water partition coefficient (Wildman–Crippen LogP) is 3.44. The molecule has 1 saturated heterocycles. The molecule has 3 rings (SSSR count). The van der Waals surface area contributed by atoms with Gasteiger partial charge in [-0.05, 0) is 42.0 Å². The molecule has 2 amide bonds. The molecule has 1 aliphatic rings. The summed E-state index contributed by atoms with van der Waals surface area (Å²) in [5, 5.41) is 7.20. The fourth-order valence-electron chi connectivity index (χ4n) is 3.31. The fraction of sp³-hybridized carbons (Fsp3) is 0.444. The Balaban J connectivity index is 1.58. The summed E-state index contributed by atoms with van der Waals surface area (Å²) in [6.45, 7) is 6.84. The molecule has 0 radical (unpaired) electrons. The number of amides is 2. The standard InChI is InChI=1S/C18H24N4O/c1-14-10-15(2)12-21(11-14)18(23)20-17-6-4-16(5-7-17)13-22-9-3-8-19-22/h3-9,14-15H,10-13H2,1-2H3,(H,20,23). The average Bonchev–Trinajstić information content (AvgIpc) is 3.01. The average molecular weight is 312 g/mol. The van der Waals surface area contributed by atoms with Crippen LogP contribution in [0.15, 0.2) is 42.7 Å². The molecule has 2 aromatic rings. The van der Waals surface area contributed by atoms with Crippen molar-refractivity contribution in [3.05, 3.63) is 48.3 Å². The van der Waals surface area contributed by atoms with E-state index in [1.54, 1.807) is 6.20 Å². The van der Waals surface area contributed by atoms with Gasteiger partial charge in [-0.15, -0.1) is 0 Å². The van der Waals surface area contributed by atoms with Gasteiger partial charge in [0.2, 0.25) is 0 Å². The van der Waals surface area contributed by atoms with Crippen molar-refractivity contribution in [3.63, 3.8) is 0 Å². The van der Waals surface area contributed by atoms with Crippen molar-refractivity contribution < 1.29 is 4.79 Å². The number of piperidine rings is 1. The second kappa shape index (κ2) is 6.86. The predicted molar refractivity (Wildman–Crippen MR) is 91.3 cm³/mol. The minimum absolute atomic E-state index is 0.00299. The first-order chi connectivity index (χ1) is 11.1. The molecule has 1 aromatic carbocycles. The zero-order valence-electron chi connectivity index (χ0n) is 13.8. The highest BCUT2D eigenvalue weighted by Crippen LogP contribution is 2.21. The van der Waals surface area contributed by atoms with Crippen molar-refractivity contribution in [2.45, 2.75) is 26.8 Å². The number of benzene rings is 1. The molecule has 5 heteroatoms. The van der Waals surface area contributed by atoms with Gasteiger partial charge >= 0.3 is 6.03 Å². The minimum atomic E-state index is 0.00299. The third-order valence-electron chi connectivity index (χ3n) is 4.27. The van der Waals surface area contributed by atoms with Crippen LogP contribution in [0.4, 0.5) is 10.5 Å². The molecule has 1 aliphatic heterocycles. The Kier molecular flexibility index (Phi) is 4.65. The number of urea groups is 1. The van der Waals surface area contributed by atoms with E-state index in [1.165, 1.54) is 6.42 Å². The molecular formula is C18H24N4O. The van der Waals surface area contributed by atoms with Gasteiger partial charge in [0.25, 0.3) is 0 Å². The maximum atomic E-state index is 12.4. The summed E-state index contributed by atoms with van der Waals surface area (Å²) in [7, 11) is 0. The van der Waals surface area contributed by atoms with Crippen LogP contribution >= 0.6 is 0 Å². The zero-order chi connectivity index (χ0) is 16.2. The van der Waals surface area contributed by atoms with Crippen molar-refractivity contribution in [3.8, 4) is 0 Å². The number of anilines is 1. The lowest BCUT2D eigenvalue weighted by Crippen LogP contribution is -2.44. The van der Waals surface area contributed by atoms with E-state index in [0.29, 0.717) is 11.8 Å². The van der Waals surface area contributed by atoms with Gasteiger partial charge in [0.05, 0.1) is 6.54 Å². The summed E-state index contributed by atoms with van der Waals surface area (Å²) in [5.74, 6) is 1.14. The van der Waals surface area contributed by atoms with E-state index in [-0.39, 0.29) is 6.03 Å². The van der Waals surface area contributed by atoms with Gasteiger partial charge in [-0.25, -0.2) is 4.79 Å². The topological polar surface area (TPSA) is 50.2 Å². The molecule has 2 unspecified atom stereocenters. The molecule has 5 nitrogen and oxygen atoms in total. The van der Waals surface area contributed by atoms with Crippen LogP contribution in [0.1, 0.15) is 25.8 Å². The number of likely N-dealkylation sites (tertiary alicyclic amines) is 1. The number of hydrogen-bond acceptors (Lipinski definition) is 2. The Morgan fingerprint density at radius 3 is 2.52 bits per heavy atom. The monoisotopic (exact) mass is 312 g/mol. The number of aromatic nitrogens is 2. The number of rotatable bonds is 3. The van der Waals surface area contributed by atoms with Gasteiger partial charge in [-0.1, -0.05) is 26.0 Å². The molecule has 0 spiro atoms. The Morgan fingerprint density at radius 1 is 1.22 bits per heavy atom. The number of nitrogens with one attached hydrogen (secondary N) is 1. The van der Waals surface area contributed by atoms with Crippen molar-refractivity contribution >= 4 is 11.7 Å². The smallest absolute Gasteiger partial charge is 0.321 e. The second-order valence-corrected chi connectivity index (χ2v) is 6.68. The Hall–Kier alpha value is -2.30. The Bertz CT molecular complexity index is 626. The Morgan fingerprint density at radius 2 is 1.91 bits per heavy atom. The molecular weight excluding hydrogens is 288 g/mol. The number of carbonyl (C=O) groups excluding carboxylic acids is 1. The van der Waals surface area contributed by atoms with E-state index in [0.717, 1.165) is 30.9 Å². The number of hydrogen-bond donors (Lipinski definition) is 1. The molecule has 0 aliphatic carbocycles. The SMILES string of the molecule is CC1CC(C)CN(C(=O)Nc2ccc(Cn3cccn3)cc2)C1. The van der Waals surface area contributed by atoms with Gasteiger partial charge in [-0.3, -0.25) is 4.68 Å². The van der Waals surface area contributed by atoms with Crippen LogP contribution in [0.3, 0.4) is 0 Å². The molecule has 23 heavy (non-hydrogen) atoms. The molecule has 0 saturated carbocycles. The third-order valence-corrected chi connectivity index (χ3v) is 4.27. The third kappa shape index (κ3) is 4.12. The van der Waals surface area contributed by atoms with Gasteiger partial charge in [0, 0.05) is 31.2 Å². The highest BCUT2D eigenvalue weighted by Gasteiger charge is 2.25. The maximum absolute atomic E-state index is 12.4. The lowest BCUT2D eigenvalue weighted by atomic mass is 9.92. The van der Waals surface area contributed by atoms with Crippen LogP contribution in [0.2, 0.25) is 0 Å². The van der Waals surface area contributed by atoms with Crippen LogP contribution in [0.25, 0.3) is 0 Å². The van der Waals surface area contributed by atoms with Crippen LogP contribution in [-0.2, 0) is 6.54 Å². The summed E-state index contributed by atoms with van der Waals surface area (Å²) in [6, 6.07) is 9.87. The quantitative estimate of drug-likeness (QED) is 0.944. The largest absolute Gasteiger partial charge is 0.324 e. The molecule has 122 valence electrons. The first-order valence-electron chi connectivity index (χ1n) is 8.22. The minimum Gasteiger partial charge on any atom is -0.324 e. The van der Waals surface area contributed by atoms with Crippen LogP contribution in [-0.4, -0.2) is 33.8 Å². The molecule has 2 atom stereocenters. The highest BCUT2D eigenvalue weighted by atomic mass is 16.2. The summed E-state index contributed by atoms with van der Waals surface area (Å²) < 4.78 is 1.88. The summed E-state index contributed by atoms with van der Waals surface area (Å²) in [5.41, 5.74) is 2.00. The van der Waals surface area contributed by atoms with E-state index < -0.39 is 0 Å². The van der Waals surface area contributed by atoms with Crippen molar-refractivity contribution in [2.75, 3.05) is 18.4 Å². The van der Waals surface area contributed by atoms with Crippen molar-refractivity contribution in [1.29, 1.82) is 0 Å². The number of carbonyl (C=O) groups is 1. The maximum Gasteiger partial charge on any atom is 0.321 e. The molecule has 1 fully saturated rings. The first-order valence-corrected chi connectivity index (χ1v) is 8.22. The van der Waals surface area contributed by atoms with Crippen molar-refractivity contribution in [1.82, 2.24) is 14.7 Å². The van der Waals surface area contributed by atoms with Crippen LogP contribution in [0, 0.1) is 11.8 Å². The van der Waals surface area contributed by atoms with Gasteiger partial charge in [0.1, 0.15) is 0 Å². The second-order valence-electron chi connectivity index (χ2n) is 6.68. The summed E-state index contributed by atoms with van der Waals surface area (Å²) in [6.07, 6.45) is 4.91. The summed E-state index contributed by atoms with van der Waals surface area (Å²) >= 11 is 0. The van der Waals surface area contributed by atoms with Crippen molar-refractivity contribution in [2.24, 2.45) is 11.8 Å². The van der Waals surface area contributed by atoms with Gasteiger partial charge < -0.3 is 10.2 Å². The van der Waals surface area contributed by atoms with Crippen LogP contribution in [0.5, 0.6) is 0 Å². The Labute approximate surface area is 137 Å². The van der Waals surface area contributed by atoms with E-state index >= 15 is 0 Å². The highest BCUT2D eigenvalue weighted by molar-refractivity contribution is 5.89. The lowest BCUT2D eigenvalue weighted by Gasteiger charge is -2.34. The van der Waals surface area contributed by atoms with E-state index in [9.17, 15) is 4.79 Å². The van der Waals surface area contributed by atoms with Gasteiger partial charge in [0.15, 0.2) is 0 Å². The lowest BCUT2D eigenvalue weighted by molar-refractivity contribution is 0.156. The normalized spacial score (nSPS) is 21.2. The summed E-state index contributed by atoms with van der Waals surface area (Å²) in [4.78, 5) is 14.3. The molecule has 2 heterocycles. The van der Waals surface area contributed by atoms with E-state index in [2.05, 4.69) is 24.3 Å². The van der Waals surface area contributed by atoms with Gasteiger partial charge in [-0.2, -0.15) is 5.10 Å². The molecule has 1 aromatic heterocycles. The first kappa shape index (κ1) is 15.6. The molecule has 1 N–H and O–H groups in total.